The summed E-state index contributed by atoms with van der Waals surface area (Å²) in [6, 6.07) is 11.2. The van der Waals surface area contributed by atoms with Crippen LogP contribution in [0.3, 0.4) is 0 Å². The number of primary amides is 1. The van der Waals surface area contributed by atoms with Gasteiger partial charge in [-0.1, -0.05) is 42.5 Å². The Balaban J connectivity index is 0.00000338. The Morgan fingerprint density at radius 1 is 1.04 bits per heavy atom. The Morgan fingerprint density at radius 3 is 2.04 bits per heavy atom. The predicted molar refractivity (Wildman–Crippen MR) is 104 cm³/mol. The van der Waals surface area contributed by atoms with Crippen LogP contribution in [0.15, 0.2) is 48.5 Å². The van der Waals surface area contributed by atoms with E-state index in [1.807, 2.05) is 0 Å². The van der Waals surface area contributed by atoms with Crippen LogP contribution in [0, 0.1) is 0 Å². The normalized spacial score (nSPS) is 14.3. The first-order valence-corrected chi connectivity index (χ1v) is 7.61. The lowest BCUT2D eigenvalue weighted by molar-refractivity contribution is -0.138. The molecule has 2 aromatic carbocycles. The van der Waals surface area contributed by atoms with Crippen molar-refractivity contribution in [2.45, 2.75) is 31.1 Å². The van der Waals surface area contributed by atoms with Crippen molar-refractivity contribution in [3.05, 3.63) is 70.8 Å². The summed E-state index contributed by atoms with van der Waals surface area (Å²) >= 11 is 0. The van der Waals surface area contributed by atoms with Crippen LogP contribution in [0.4, 0.5) is 13.2 Å². The van der Waals surface area contributed by atoms with Crippen molar-refractivity contribution in [1.82, 2.24) is 0 Å². The number of nitrogens with two attached hydrogens (primary N) is 3. The zero-order chi connectivity index (χ0) is 18.8. The van der Waals surface area contributed by atoms with Crippen LogP contribution in [0.2, 0.25) is 0 Å². The van der Waals surface area contributed by atoms with Crippen molar-refractivity contribution >= 4 is 30.7 Å². The molecular formula is C18H22Cl2F3N3O. The first-order chi connectivity index (χ1) is 11.5. The van der Waals surface area contributed by atoms with Crippen molar-refractivity contribution < 1.29 is 18.0 Å². The zero-order valence-corrected chi connectivity index (χ0v) is 16.1. The molecule has 0 radical (unpaired) electrons. The summed E-state index contributed by atoms with van der Waals surface area (Å²) in [6.45, 7) is 1.44. The molecule has 6 N–H and O–H groups in total. The molecule has 9 heteroatoms. The molecule has 4 nitrogen and oxygen atoms in total. The standard InChI is InChI=1S/C18H20F3N3O.2ClH/c1-17(24,16(23)25)15(22)12-8-6-11(7-9-12)10-13-4-2-3-5-14(13)18(19,20)21;;/h2-9,15H,10,22,24H2,1H3,(H2,23,25);2*1H. The fourth-order valence-electron chi connectivity index (χ4n) is 2.51. The first-order valence-electron chi connectivity index (χ1n) is 7.61. The van der Waals surface area contributed by atoms with Crippen LogP contribution >= 0.6 is 24.8 Å². The maximum atomic E-state index is 13.1. The Kier molecular flexibility index (Phi) is 8.79. The van der Waals surface area contributed by atoms with Gasteiger partial charge in [-0.15, -0.1) is 24.8 Å². The third-order valence-electron chi connectivity index (χ3n) is 4.23. The fraction of sp³-hybridized carbons (Fsp3) is 0.278. The number of amides is 1. The number of halogens is 5. The number of rotatable bonds is 5. The van der Waals surface area contributed by atoms with Crippen LogP contribution in [0.5, 0.6) is 0 Å². The predicted octanol–water partition coefficient (Wildman–Crippen LogP) is 3.34. The van der Waals surface area contributed by atoms with Gasteiger partial charge < -0.3 is 17.2 Å². The summed E-state index contributed by atoms with van der Waals surface area (Å²) in [5.74, 6) is -0.733. The van der Waals surface area contributed by atoms with Gasteiger partial charge in [0.2, 0.25) is 5.91 Å². The Morgan fingerprint density at radius 2 is 1.56 bits per heavy atom. The van der Waals surface area contributed by atoms with Crippen molar-refractivity contribution in [3.63, 3.8) is 0 Å². The van der Waals surface area contributed by atoms with Crippen LogP contribution < -0.4 is 17.2 Å². The second-order valence-electron chi connectivity index (χ2n) is 6.20. The molecule has 0 fully saturated rings. The molecule has 1 amide bonds. The molecule has 0 saturated heterocycles. The highest BCUT2D eigenvalue weighted by molar-refractivity contribution is 5.86. The number of hydrogen-bond acceptors (Lipinski definition) is 3. The minimum absolute atomic E-state index is 0. The molecule has 27 heavy (non-hydrogen) atoms. The van der Waals surface area contributed by atoms with Gasteiger partial charge in [-0.25, -0.2) is 0 Å². The summed E-state index contributed by atoms with van der Waals surface area (Å²) in [7, 11) is 0. The van der Waals surface area contributed by atoms with E-state index in [0.717, 1.165) is 6.07 Å². The van der Waals surface area contributed by atoms with Gasteiger partial charge in [0.1, 0.15) is 5.54 Å². The SMILES string of the molecule is CC(N)(C(N)=O)C(N)c1ccc(Cc2ccccc2C(F)(F)F)cc1.Cl.Cl. The van der Waals surface area contributed by atoms with Gasteiger partial charge in [0, 0.05) is 0 Å². The van der Waals surface area contributed by atoms with E-state index in [1.54, 1.807) is 30.3 Å². The number of benzene rings is 2. The molecule has 0 aliphatic carbocycles. The van der Waals surface area contributed by atoms with Gasteiger partial charge in [0.05, 0.1) is 11.6 Å². The average molecular weight is 424 g/mol. The summed E-state index contributed by atoms with van der Waals surface area (Å²) in [4.78, 5) is 11.4. The fourth-order valence-corrected chi connectivity index (χ4v) is 2.51. The molecule has 0 bridgehead atoms. The maximum Gasteiger partial charge on any atom is 0.416 e. The van der Waals surface area contributed by atoms with E-state index in [-0.39, 0.29) is 36.8 Å². The lowest BCUT2D eigenvalue weighted by atomic mass is 9.87. The summed E-state index contributed by atoms with van der Waals surface area (Å²) in [6.07, 6.45) is -4.28. The smallest absolute Gasteiger partial charge is 0.368 e. The molecule has 2 atom stereocenters. The Hall–Kier alpha value is -1.80. The molecule has 0 aliphatic heterocycles. The van der Waals surface area contributed by atoms with Crippen LogP contribution in [-0.2, 0) is 17.4 Å². The molecular weight excluding hydrogens is 402 g/mol. The van der Waals surface area contributed by atoms with Gasteiger partial charge >= 0.3 is 6.18 Å². The number of hydrogen-bond donors (Lipinski definition) is 3. The molecule has 2 rings (SSSR count). The van der Waals surface area contributed by atoms with E-state index in [4.69, 9.17) is 17.2 Å². The summed E-state index contributed by atoms with van der Waals surface area (Å²) < 4.78 is 39.2. The van der Waals surface area contributed by atoms with E-state index >= 15 is 0 Å². The quantitative estimate of drug-likeness (QED) is 0.687. The second kappa shape index (κ2) is 9.41. The maximum absolute atomic E-state index is 13.1. The lowest BCUT2D eigenvalue weighted by Crippen LogP contribution is -2.56. The molecule has 2 unspecified atom stereocenters. The van der Waals surface area contributed by atoms with Gasteiger partial charge in [0.25, 0.3) is 0 Å². The summed E-state index contributed by atoms with van der Waals surface area (Å²) in [5.41, 5.74) is 16.4. The Bertz CT molecular complexity index is 765. The third kappa shape index (κ3) is 5.84. The first kappa shape index (κ1) is 25.2. The minimum Gasteiger partial charge on any atom is -0.368 e. The van der Waals surface area contributed by atoms with Gasteiger partial charge in [-0.2, -0.15) is 13.2 Å². The van der Waals surface area contributed by atoms with Crippen LogP contribution in [0.25, 0.3) is 0 Å². The molecule has 2 aromatic rings. The highest BCUT2D eigenvalue weighted by Gasteiger charge is 2.35. The average Bonchev–Trinajstić information content (AvgIpc) is 2.54. The molecule has 150 valence electrons. The molecule has 0 aliphatic rings. The van der Waals surface area contributed by atoms with Crippen molar-refractivity contribution in [2.75, 3.05) is 0 Å². The van der Waals surface area contributed by atoms with E-state index in [1.165, 1.54) is 19.1 Å². The third-order valence-corrected chi connectivity index (χ3v) is 4.23. The minimum atomic E-state index is -4.40. The van der Waals surface area contributed by atoms with Gasteiger partial charge in [-0.05, 0) is 36.1 Å². The molecule has 0 heterocycles. The highest BCUT2D eigenvalue weighted by atomic mass is 35.5. The largest absolute Gasteiger partial charge is 0.416 e. The van der Waals surface area contributed by atoms with Gasteiger partial charge in [0.15, 0.2) is 0 Å². The van der Waals surface area contributed by atoms with Crippen molar-refractivity contribution in [1.29, 1.82) is 0 Å². The van der Waals surface area contributed by atoms with Crippen LogP contribution in [0.1, 0.15) is 35.2 Å². The topological polar surface area (TPSA) is 95.1 Å². The molecule has 0 saturated carbocycles. The lowest BCUT2D eigenvalue weighted by Gasteiger charge is -2.28. The number of carbonyl (C=O) groups is 1. The number of alkyl halides is 3. The summed E-state index contributed by atoms with van der Waals surface area (Å²) in [5, 5.41) is 0. The van der Waals surface area contributed by atoms with Crippen LogP contribution in [-0.4, -0.2) is 11.4 Å². The zero-order valence-electron chi connectivity index (χ0n) is 14.5. The van der Waals surface area contributed by atoms with E-state index < -0.39 is 29.2 Å². The second-order valence-corrected chi connectivity index (χ2v) is 6.20. The van der Waals surface area contributed by atoms with E-state index in [2.05, 4.69) is 0 Å². The van der Waals surface area contributed by atoms with Crippen molar-refractivity contribution in [2.24, 2.45) is 17.2 Å². The molecule has 0 spiro atoms. The van der Waals surface area contributed by atoms with E-state index in [0.29, 0.717) is 11.1 Å². The Labute approximate surface area is 168 Å². The van der Waals surface area contributed by atoms with E-state index in [9.17, 15) is 18.0 Å². The van der Waals surface area contributed by atoms with Crippen molar-refractivity contribution in [3.8, 4) is 0 Å². The monoisotopic (exact) mass is 423 g/mol. The molecule has 0 aromatic heterocycles. The number of carbonyl (C=O) groups excluding carboxylic acids is 1. The van der Waals surface area contributed by atoms with Gasteiger partial charge in [-0.3, -0.25) is 4.79 Å². The highest BCUT2D eigenvalue weighted by Crippen LogP contribution is 2.33.